The van der Waals surface area contributed by atoms with Crippen LogP contribution in [0.1, 0.15) is 12.0 Å². The van der Waals surface area contributed by atoms with Gasteiger partial charge in [0.15, 0.2) is 12.4 Å². The van der Waals surface area contributed by atoms with Crippen LogP contribution in [0.4, 0.5) is 24.7 Å². The monoisotopic (exact) mass is 424 g/mol. The number of nitrogens with zero attached hydrogens (tertiary/aromatic N) is 4. The Hall–Kier alpha value is -3.37. The molecule has 2 aromatic rings. The van der Waals surface area contributed by atoms with E-state index in [1.807, 2.05) is 4.90 Å². The number of rotatable bonds is 5. The van der Waals surface area contributed by atoms with Crippen molar-refractivity contribution in [2.75, 3.05) is 37.7 Å². The number of amides is 1. The van der Waals surface area contributed by atoms with Crippen molar-refractivity contribution >= 4 is 17.4 Å². The number of halogens is 3. The number of ether oxygens (including phenoxy) is 1. The molecule has 11 heteroatoms. The van der Waals surface area contributed by atoms with E-state index in [9.17, 15) is 28.1 Å². The number of benzene rings is 1. The van der Waals surface area contributed by atoms with Crippen LogP contribution in [0.15, 0.2) is 42.6 Å². The summed E-state index contributed by atoms with van der Waals surface area (Å²) in [5.74, 6) is 0.102. The Morgan fingerprint density at radius 1 is 1.13 bits per heavy atom. The SMILES string of the molecule is O=C(COc1ccccc1[N+](=O)[O-])N1CCCN(c2ccc(C(F)(F)F)cn2)CC1. The van der Waals surface area contributed by atoms with Crippen molar-refractivity contribution in [1.82, 2.24) is 9.88 Å². The van der Waals surface area contributed by atoms with Crippen LogP contribution in [-0.4, -0.2) is 53.5 Å². The minimum absolute atomic E-state index is 0.0150. The van der Waals surface area contributed by atoms with E-state index >= 15 is 0 Å². The highest BCUT2D eigenvalue weighted by Crippen LogP contribution is 2.29. The van der Waals surface area contributed by atoms with Crippen molar-refractivity contribution < 1.29 is 27.6 Å². The van der Waals surface area contributed by atoms with Crippen LogP contribution in [0.5, 0.6) is 5.75 Å². The molecule has 0 bridgehead atoms. The molecule has 1 fully saturated rings. The molecule has 2 heterocycles. The Kier molecular flexibility index (Phi) is 6.38. The second-order valence-electron chi connectivity index (χ2n) is 6.64. The number of carbonyl (C=O) groups excluding carboxylic acids is 1. The zero-order valence-electron chi connectivity index (χ0n) is 15.8. The number of para-hydroxylation sites is 2. The molecule has 0 unspecified atom stereocenters. The lowest BCUT2D eigenvalue weighted by Gasteiger charge is -2.23. The molecule has 1 saturated heterocycles. The van der Waals surface area contributed by atoms with Gasteiger partial charge in [0.05, 0.1) is 10.5 Å². The molecule has 0 radical (unpaired) electrons. The number of nitro groups is 1. The van der Waals surface area contributed by atoms with Crippen molar-refractivity contribution in [1.29, 1.82) is 0 Å². The fourth-order valence-electron chi connectivity index (χ4n) is 3.10. The van der Waals surface area contributed by atoms with Gasteiger partial charge in [0.1, 0.15) is 5.82 Å². The van der Waals surface area contributed by atoms with Gasteiger partial charge in [0, 0.05) is 38.4 Å². The van der Waals surface area contributed by atoms with Gasteiger partial charge in [0.2, 0.25) is 0 Å². The van der Waals surface area contributed by atoms with Gasteiger partial charge in [-0.1, -0.05) is 12.1 Å². The topological polar surface area (TPSA) is 88.8 Å². The summed E-state index contributed by atoms with van der Waals surface area (Å²) in [7, 11) is 0. The minimum Gasteiger partial charge on any atom is -0.477 e. The molecule has 0 saturated carbocycles. The summed E-state index contributed by atoms with van der Waals surface area (Å²) >= 11 is 0. The third-order valence-corrected chi connectivity index (χ3v) is 4.66. The quantitative estimate of drug-likeness (QED) is 0.541. The van der Waals surface area contributed by atoms with Gasteiger partial charge in [-0.25, -0.2) is 4.98 Å². The van der Waals surface area contributed by atoms with Crippen LogP contribution in [0.2, 0.25) is 0 Å². The predicted octanol–water partition coefficient (Wildman–Crippen LogP) is 3.13. The number of hydrogen-bond donors (Lipinski definition) is 0. The van der Waals surface area contributed by atoms with Crippen LogP contribution in [0.3, 0.4) is 0 Å². The average molecular weight is 424 g/mol. The van der Waals surface area contributed by atoms with Crippen LogP contribution in [0, 0.1) is 10.1 Å². The molecule has 1 amide bonds. The van der Waals surface area contributed by atoms with E-state index in [1.165, 1.54) is 24.3 Å². The first-order valence-corrected chi connectivity index (χ1v) is 9.18. The van der Waals surface area contributed by atoms with E-state index in [2.05, 4.69) is 4.98 Å². The lowest BCUT2D eigenvalue weighted by atomic mass is 10.2. The second-order valence-corrected chi connectivity index (χ2v) is 6.64. The van der Waals surface area contributed by atoms with Crippen LogP contribution >= 0.6 is 0 Å². The molecule has 160 valence electrons. The van der Waals surface area contributed by atoms with E-state index in [4.69, 9.17) is 4.74 Å². The summed E-state index contributed by atoms with van der Waals surface area (Å²) in [6.07, 6.45) is -3.05. The molecular weight excluding hydrogens is 405 g/mol. The van der Waals surface area contributed by atoms with Crippen LogP contribution in [0.25, 0.3) is 0 Å². The van der Waals surface area contributed by atoms with Gasteiger partial charge in [-0.15, -0.1) is 0 Å². The summed E-state index contributed by atoms with van der Waals surface area (Å²) < 4.78 is 43.4. The molecule has 1 aromatic heterocycles. The number of aromatic nitrogens is 1. The van der Waals surface area contributed by atoms with E-state index in [0.29, 0.717) is 38.4 Å². The van der Waals surface area contributed by atoms with Crippen LogP contribution < -0.4 is 9.64 Å². The maximum Gasteiger partial charge on any atom is 0.417 e. The number of hydrogen-bond acceptors (Lipinski definition) is 6. The summed E-state index contributed by atoms with van der Waals surface area (Å²) in [5, 5.41) is 11.0. The van der Waals surface area contributed by atoms with Gasteiger partial charge in [-0.3, -0.25) is 14.9 Å². The summed E-state index contributed by atoms with van der Waals surface area (Å²) in [5.41, 5.74) is -1.04. The van der Waals surface area contributed by atoms with E-state index in [0.717, 1.165) is 12.3 Å². The average Bonchev–Trinajstić information content (AvgIpc) is 2.98. The van der Waals surface area contributed by atoms with E-state index < -0.39 is 16.7 Å². The molecule has 30 heavy (non-hydrogen) atoms. The third-order valence-electron chi connectivity index (χ3n) is 4.66. The number of carbonyl (C=O) groups is 1. The van der Waals surface area contributed by atoms with Crippen molar-refractivity contribution in [2.24, 2.45) is 0 Å². The molecule has 1 aromatic carbocycles. The van der Waals surface area contributed by atoms with Crippen molar-refractivity contribution in [3.63, 3.8) is 0 Å². The fraction of sp³-hybridized carbons (Fsp3) is 0.368. The molecule has 1 aliphatic rings. The highest BCUT2D eigenvalue weighted by Gasteiger charge is 2.31. The van der Waals surface area contributed by atoms with Crippen LogP contribution in [-0.2, 0) is 11.0 Å². The number of nitro benzene ring substituents is 1. The van der Waals surface area contributed by atoms with E-state index in [-0.39, 0.29) is 24.0 Å². The number of anilines is 1. The lowest BCUT2D eigenvalue weighted by Crippen LogP contribution is -2.38. The first-order chi connectivity index (χ1) is 14.3. The highest BCUT2D eigenvalue weighted by molar-refractivity contribution is 5.78. The normalized spacial score (nSPS) is 14.9. The molecule has 0 N–H and O–H groups in total. The molecule has 0 spiro atoms. The van der Waals surface area contributed by atoms with Gasteiger partial charge in [0.25, 0.3) is 5.91 Å². The number of alkyl halides is 3. The Bertz CT molecular complexity index is 905. The molecular formula is C19H19F3N4O4. The van der Waals surface area contributed by atoms with Gasteiger partial charge in [-0.2, -0.15) is 13.2 Å². The molecule has 1 aliphatic heterocycles. The largest absolute Gasteiger partial charge is 0.477 e. The van der Waals surface area contributed by atoms with Crippen molar-refractivity contribution in [2.45, 2.75) is 12.6 Å². The van der Waals surface area contributed by atoms with Crippen molar-refractivity contribution in [3.05, 3.63) is 58.3 Å². The lowest BCUT2D eigenvalue weighted by molar-refractivity contribution is -0.385. The Morgan fingerprint density at radius 2 is 1.90 bits per heavy atom. The maximum atomic E-state index is 12.7. The Morgan fingerprint density at radius 3 is 2.57 bits per heavy atom. The van der Waals surface area contributed by atoms with Gasteiger partial charge >= 0.3 is 11.9 Å². The first-order valence-electron chi connectivity index (χ1n) is 9.18. The Labute approximate surface area is 170 Å². The summed E-state index contributed by atoms with van der Waals surface area (Å²) in [6, 6.07) is 8.10. The van der Waals surface area contributed by atoms with E-state index in [1.54, 1.807) is 11.0 Å². The smallest absolute Gasteiger partial charge is 0.417 e. The second kappa shape index (κ2) is 8.97. The first kappa shape index (κ1) is 21.3. The molecule has 0 atom stereocenters. The third kappa shape index (κ3) is 5.16. The maximum absolute atomic E-state index is 12.7. The summed E-state index contributed by atoms with van der Waals surface area (Å²) in [6.45, 7) is 1.37. The number of pyridine rings is 1. The standard InChI is InChI=1S/C19H19F3N4O4/c20-19(21,22)14-6-7-17(23-12-14)24-8-3-9-25(11-10-24)18(27)13-30-16-5-2-1-4-15(16)26(28)29/h1-2,4-7,12H,3,8-11,13H2. The van der Waals surface area contributed by atoms with Gasteiger partial charge < -0.3 is 14.5 Å². The van der Waals surface area contributed by atoms with Crippen molar-refractivity contribution in [3.8, 4) is 5.75 Å². The minimum atomic E-state index is -4.44. The Balaban J connectivity index is 1.57. The summed E-state index contributed by atoms with van der Waals surface area (Å²) in [4.78, 5) is 30.2. The molecule has 8 nitrogen and oxygen atoms in total. The van der Waals surface area contributed by atoms with Gasteiger partial charge in [-0.05, 0) is 24.6 Å². The molecule has 3 rings (SSSR count). The molecule has 0 aliphatic carbocycles. The zero-order chi connectivity index (χ0) is 21.7. The predicted molar refractivity (Wildman–Crippen MR) is 101 cm³/mol. The zero-order valence-corrected chi connectivity index (χ0v) is 15.8. The highest BCUT2D eigenvalue weighted by atomic mass is 19.4. The fourth-order valence-corrected chi connectivity index (χ4v) is 3.10.